The minimum Gasteiger partial charge on any atom is -0.316 e. The van der Waals surface area contributed by atoms with Crippen LogP contribution in [-0.2, 0) is 10.8 Å². The molecule has 1 aromatic rings. The third kappa shape index (κ3) is 3.90. The SMILES string of the molecule is CCC(CS(=O)c1ccc([N+](=O)[O-])cc1)NC. The van der Waals surface area contributed by atoms with Gasteiger partial charge < -0.3 is 5.32 Å². The van der Waals surface area contributed by atoms with Gasteiger partial charge in [-0.1, -0.05) is 6.92 Å². The van der Waals surface area contributed by atoms with Gasteiger partial charge in [-0.3, -0.25) is 14.3 Å². The van der Waals surface area contributed by atoms with E-state index in [1.807, 2.05) is 14.0 Å². The molecule has 1 rings (SSSR count). The van der Waals surface area contributed by atoms with Crippen LogP contribution >= 0.6 is 0 Å². The fourth-order valence-corrected chi connectivity index (χ4v) is 2.80. The summed E-state index contributed by atoms with van der Waals surface area (Å²) in [7, 11) is 0.715. The van der Waals surface area contributed by atoms with Gasteiger partial charge in [0.1, 0.15) is 0 Å². The molecular weight excluding hydrogens is 240 g/mol. The lowest BCUT2D eigenvalue weighted by molar-refractivity contribution is -0.384. The standard InChI is InChI=1S/C11H16N2O3S/c1-3-9(12-2)8-17(16)11-6-4-10(5-7-11)13(14)15/h4-7,9,12H,3,8H2,1-2H3. The summed E-state index contributed by atoms with van der Waals surface area (Å²) in [6, 6.07) is 6.07. The van der Waals surface area contributed by atoms with E-state index in [0.717, 1.165) is 6.42 Å². The summed E-state index contributed by atoms with van der Waals surface area (Å²) in [4.78, 5) is 10.6. The molecule has 0 saturated heterocycles. The van der Waals surface area contributed by atoms with Crippen molar-refractivity contribution in [2.75, 3.05) is 12.8 Å². The summed E-state index contributed by atoms with van der Waals surface area (Å²) in [6.45, 7) is 2.02. The van der Waals surface area contributed by atoms with Crippen molar-refractivity contribution in [1.82, 2.24) is 5.32 Å². The van der Waals surface area contributed by atoms with Gasteiger partial charge in [-0.2, -0.15) is 0 Å². The molecule has 0 aromatic heterocycles. The Hall–Kier alpha value is -1.27. The number of hydrogen-bond donors (Lipinski definition) is 1. The van der Waals surface area contributed by atoms with Gasteiger partial charge in [0.05, 0.1) is 15.7 Å². The number of rotatable bonds is 6. The zero-order valence-corrected chi connectivity index (χ0v) is 10.7. The molecule has 0 radical (unpaired) electrons. The minimum atomic E-state index is -1.12. The van der Waals surface area contributed by atoms with Gasteiger partial charge in [-0.25, -0.2) is 0 Å². The van der Waals surface area contributed by atoms with Crippen LogP contribution in [0, 0.1) is 10.1 Å². The van der Waals surface area contributed by atoms with Crippen LogP contribution in [-0.4, -0.2) is 28.0 Å². The molecule has 17 heavy (non-hydrogen) atoms. The fourth-order valence-electron chi connectivity index (χ4n) is 1.40. The van der Waals surface area contributed by atoms with Crippen molar-refractivity contribution >= 4 is 16.5 Å². The number of nitrogens with zero attached hydrogens (tertiary/aromatic N) is 1. The number of nitro benzene ring substituents is 1. The van der Waals surface area contributed by atoms with Crippen LogP contribution < -0.4 is 5.32 Å². The average molecular weight is 256 g/mol. The quantitative estimate of drug-likeness (QED) is 0.621. The third-order valence-corrected chi connectivity index (χ3v) is 4.07. The molecule has 1 N–H and O–H groups in total. The Kier molecular flexibility index (Phi) is 5.24. The van der Waals surface area contributed by atoms with Crippen LogP contribution in [0.2, 0.25) is 0 Å². The summed E-state index contributed by atoms with van der Waals surface area (Å²) in [5.74, 6) is 0.519. The van der Waals surface area contributed by atoms with Crippen molar-refractivity contribution in [3.8, 4) is 0 Å². The predicted octanol–water partition coefficient (Wildman–Crippen LogP) is 1.70. The van der Waals surface area contributed by atoms with Gasteiger partial charge >= 0.3 is 0 Å². The topological polar surface area (TPSA) is 72.2 Å². The highest BCUT2D eigenvalue weighted by atomic mass is 32.2. The average Bonchev–Trinajstić information content (AvgIpc) is 2.35. The predicted molar refractivity (Wildman–Crippen MR) is 67.5 cm³/mol. The molecule has 0 aliphatic heterocycles. The highest BCUT2D eigenvalue weighted by molar-refractivity contribution is 7.85. The molecule has 0 spiro atoms. The molecule has 6 heteroatoms. The van der Waals surface area contributed by atoms with E-state index in [-0.39, 0.29) is 11.7 Å². The number of benzene rings is 1. The highest BCUT2D eigenvalue weighted by Crippen LogP contribution is 2.15. The maximum Gasteiger partial charge on any atom is 0.269 e. The Morgan fingerprint density at radius 1 is 1.41 bits per heavy atom. The van der Waals surface area contributed by atoms with Crippen LogP contribution in [0.1, 0.15) is 13.3 Å². The van der Waals surface area contributed by atoms with Crippen molar-refractivity contribution in [2.24, 2.45) is 0 Å². The van der Waals surface area contributed by atoms with Crippen LogP contribution in [0.15, 0.2) is 29.2 Å². The number of non-ortho nitro benzene ring substituents is 1. The molecule has 0 bridgehead atoms. The lowest BCUT2D eigenvalue weighted by Gasteiger charge is -2.12. The van der Waals surface area contributed by atoms with Crippen molar-refractivity contribution in [3.63, 3.8) is 0 Å². The maximum absolute atomic E-state index is 12.0. The van der Waals surface area contributed by atoms with Crippen LogP contribution in [0.25, 0.3) is 0 Å². The second-order valence-corrected chi connectivity index (χ2v) is 5.15. The maximum atomic E-state index is 12.0. The second-order valence-electron chi connectivity index (χ2n) is 3.66. The van der Waals surface area contributed by atoms with Gasteiger partial charge in [0, 0.05) is 28.8 Å². The van der Waals surface area contributed by atoms with Gasteiger partial charge in [0.25, 0.3) is 5.69 Å². The summed E-state index contributed by atoms with van der Waals surface area (Å²) < 4.78 is 12.0. The first-order valence-electron chi connectivity index (χ1n) is 5.38. The molecule has 0 heterocycles. The van der Waals surface area contributed by atoms with Gasteiger partial charge in [-0.05, 0) is 25.6 Å². The zero-order chi connectivity index (χ0) is 12.8. The van der Waals surface area contributed by atoms with Gasteiger partial charge in [0.15, 0.2) is 0 Å². The molecule has 0 fully saturated rings. The van der Waals surface area contributed by atoms with E-state index in [4.69, 9.17) is 0 Å². The van der Waals surface area contributed by atoms with Gasteiger partial charge in [-0.15, -0.1) is 0 Å². The van der Waals surface area contributed by atoms with E-state index < -0.39 is 15.7 Å². The van der Waals surface area contributed by atoms with Crippen molar-refractivity contribution in [2.45, 2.75) is 24.3 Å². The lowest BCUT2D eigenvalue weighted by Crippen LogP contribution is -2.30. The minimum absolute atomic E-state index is 0.0198. The van der Waals surface area contributed by atoms with Crippen molar-refractivity contribution in [3.05, 3.63) is 34.4 Å². The first kappa shape index (κ1) is 13.8. The molecule has 94 valence electrons. The lowest BCUT2D eigenvalue weighted by atomic mass is 10.3. The van der Waals surface area contributed by atoms with E-state index in [2.05, 4.69) is 5.32 Å². The van der Waals surface area contributed by atoms with Crippen molar-refractivity contribution in [1.29, 1.82) is 0 Å². The molecule has 0 saturated carbocycles. The summed E-state index contributed by atoms with van der Waals surface area (Å²) >= 11 is 0. The molecule has 5 nitrogen and oxygen atoms in total. The normalized spacial score (nSPS) is 14.2. The van der Waals surface area contributed by atoms with Crippen LogP contribution in [0.5, 0.6) is 0 Å². The molecule has 1 aromatic carbocycles. The molecule has 2 atom stereocenters. The van der Waals surface area contributed by atoms with E-state index in [9.17, 15) is 14.3 Å². The molecule has 0 aliphatic carbocycles. The monoisotopic (exact) mass is 256 g/mol. The van der Waals surface area contributed by atoms with E-state index in [1.165, 1.54) is 12.1 Å². The van der Waals surface area contributed by atoms with E-state index in [0.29, 0.717) is 10.6 Å². The smallest absolute Gasteiger partial charge is 0.269 e. The number of nitro groups is 1. The number of hydrogen-bond acceptors (Lipinski definition) is 4. The number of nitrogens with one attached hydrogen (secondary N) is 1. The van der Waals surface area contributed by atoms with E-state index >= 15 is 0 Å². The molecule has 0 aliphatic rings. The Morgan fingerprint density at radius 3 is 2.41 bits per heavy atom. The van der Waals surface area contributed by atoms with Crippen LogP contribution in [0.3, 0.4) is 0 Å². The largest absolute Gasteiger partial charge is 0.316 e. The first-order chi connectivity index (χ1) is 8.08. The molecular formula is C11H16N2O3S. The second kappa shape index (κ2) is 6.46. The zero-order valence-electron chi connectivity index (χ0n) is 9.88. The highest BCUT2D eigenvalue weighted by Gasteiger charge is 2.12. The summed E-state index contributed by atoms with van der Waals surface area (Å²) in [6.07, 6.45) is 0.898. The first-order valence-corrected chi connectivity index (χ1v) is 6.70. The van der Waals surface area contributed by atoms with Gasteiger partial charge in [0.2, 0.25) is 0 Å². The summed E-state index contributed by atoms with van der Waals surface area (Å²) in [5, 5.41) is 13.6. The Labute approximate surface area is 103 Å². The Morgan fingerprint density at radius 2 is 2.00 bits per heavy atom. The molecule has 2 unspecified atom stereocenters. The molecule has 0 amide bonds. The van der Waals surface area contributed by atoms with Crippen LogP contribution in [0.4, 0.5) is 5.69 Å². The Bertz CT molecular complexity index is 402. The van der Waals surface area contributed by atoms with Crippen molar-refractivity contribution < 1.29 is 9.13 Å². The third-order valence-electron chi connectivity index (χ3n) is 2.56. The summed E-state index contributed by atoms with van der Waals surface area (Å²) in [5.41, 5.74) is 0.0198. The fraction of sp³-hybridized carbons (Fsp3) is 0.455. The Balaban J connectivity index is 2.73. The van der Waals surface area contributed by atoms with E-state index in [1.54, 1.807) is 12.1 Å².